The molecule has 1 atom stereocenters. The Morgan fingerprint density at radius 2 is 1.76 bits per heavy atom. The number of aryl methyl sites for hydroxylation is 1. The van der Waals surface area contributed by atoms with Gasteiger partial charge in [-0.3, -0.25) is 4.79 Å². The maximum absolute atomic E-state index is 13.4. The summed E-state index contributed by atoms with van der Waals surface area (Å²) in [5.41, 5.74) is 1.79. The normalized spacial score (nSPS) is 11.9. The lowest BCUT2D eigenvalue weighted by molar-refractivity contribution is -0.121. The number of rotatable bonds is 6. The molecule has 1 N–H and O–H groups in total. The third-order valence-corrected chi connectivity index (χ3v) is 3.55. The number of carbonyl (C=O) groups is 1. The summed E-state index contributed by atoms with van der Waals surface area (Å²) in [7, 11) is 0. The summed E-state index contributed by atoms with van der Waals surface area (Å²) in [6.07, 6.45) is 0.737. The molecule has 1 amide bonds. The van der Waals surface area contributed by atoms with Crippen LogP contribution in [-0.2, 0) is 11.2 Å². The van der Waals surface area contributed by atoms with E-state index in [1.165, 1.54) is 11.6 Å². The summed E-state index contributed by atoms with van der Waals surface area (Å²) >= 11 is 0. The standard InChI is InChI=1S/C18H20FNO/c1-14(15-7-3-2-4-8-15)13-20-18(21)12-11-16-9-5-6-10-17(16)19/h2-10,14H,11-13H2,1H3,(H,20,21)/t14-/m1/s1. The number of halogens is 1. The number of nitrogens with one attached hydrogen (secondary N) is 1. The van der Waals surface area contributed by atoms with E-state index in [2.05, 4.69) is 24.4 Å². The summed E-state index contributed by atoms with van der Waals surface area (Å²) < 4.78 is 13.4. The number of benzene rings is 2. The average molecular weight is 285 g/mol. The van der Waals surface area contributed by atoms with Crippen molar-refractivity contribution in [2.75, 3.05) is 6.54 Å². The van der Waals surface area contributed by atoms with Crippen LogP contribution in [-0.4, -0.2) is 12.5 Å². The maximum Gasteiger partial charge on any atom is 0.220 e. The van der Waals surface area contributed by atoms with Crippen molar-refractivity contribution < 1.29 is 9.18 Å². The second kappa shape index (κ2) is 7.58. The van der Waals surface area contributed by atoms with Crippen LogP contribution in [0.3, 0.4) is 0 Å². The lowest BCUT2D eigenvalue weighted by atomic mass is 10.0. The van der Waals surface area contributed by atoms with Gasteiger partial charge in [-0.2, -0.15) is 0 Å². The van der Waals surface area contributed by atoms with Crippen LogP contribution in [0.4, 0.5) is 4.39 Å². The smallest absolute Gasteiger partial charge is 0.220 e. The van der Waals surface area contributed by atoms with E-state index < -0.39 is 0 Å². The van der Waals surface area contributed by atoms with Crippen LogP contribution in [0.5, 0.6) is 0 Å². The van der Waals surface area contributed by atoms with Crippen LogP contribution in [0.25, 0.3) is 0 Å². The van der Waals surface area contributed by atoms with Gasteiger partial charge in [0.1, 0.15) is 5.82 Å². The largest absolute Gasteiger partial charge is 0.355 e. The van der Waals surface area contributed by atoms with Crippen molar-refractivity contribution in [3.8, 4) is 0 Å². The van der Waals surface area contributed by atoms with Gasteiger partial charge >= 0.3 is 0 Å². The fourth-order valence-electron chi connectivity index (χ4n) is 2.20. The maximum atomic E-state index is 13.4. The van der Waals surface area contributed by atoms with Gasteiger partial charge in [-0.15, -0.1) is 0 Å². The Kier molecular flexibility index (Phi) is 5.50. The molecule has 2 aromatic rings. The Hall–Kier alpha value is -2.16. The van der Waals surface area contributed by atoms with Gasteiger partial charge < -0.3 is 5.32 Å². The molecular weight excluding hydrogens is 265 g/mol. The molecule has 0 fully saturated rings. The molecule has 0 unspecified atom stereocenters. The molecule has 0 saturated carbocycles. The zero-order valence-electron chi connectivity index (χ0n) is 12.2. The first-order valence-corrected chi connectivity index (χ1v) is 7.22. The summed E-state index contributed by atoms with van der Waals surface area (Å²) in [6, 6.07) is 16.6. The van der Waals surface area contributed by atoms with E-state index in [0.29, 0.717) is 24.9 Å². The Bertz CT molecular complexity index is 583. The molecule has 0 saturated heterocycles. The Labute approximate surface area is 125 Å². The third kappa shape index (κ3) is 4.71. The first kappa shape index (κ1) is 15.2. The quantitative estimate of drug-likeness (QED) is 0.862. The molecule has 110 valence electrons. The van der Waals surface area contributed by atoms with Crippen LogP contribution in [0.15, 0.2) is 54.6 Å². The van der Waals surface area contributed by atoms with Gasteiger partial charge in [0.2, 0.25) is 5.91 Å². The second-order valence-corrected chi connectivity index (χ2v) is 5.21. The van der Waals surface area contributed by atoms with E-state index in [1.54, 1.807) is 18.2 Å². The molecule has 3 heteroatoms. The number of carbonyl (C=O) groups excluding carboxylic acids is 1. The Morgan fingerprint density at radius 1 is 1.10 bits per heavy atom. The highest BCUT2D eigenvalue weighted by molar-refractivity contribution is 5.76. The van der Waals surface area contributed by atoms with E-state index in [1.807, 2.05) is 18.2 Å². The highest BCUT2D eigenvalue weighted by Crippen LogP contribution is 2.13. The van der Waals surface area contributed by atoms with Gasteiger partial charge in [-0.05, 0) is 29.5 Å². The Morgan fingerprint density at radius 3 is 2.48 bits per heavy atom. The molecule has 0 bridgehead atoms. The highest BCUT2D eigenvalue weighted by atomic mass is 19.1. The zero-order valence-corrected chi connectivity index (χ0v) is 12.2. The van der Waals surface area contributed by atoms with E-state index in [0.717, 1.165) is 0 Å². The molecule has 2 nitrogen and oxygen atoms in total. The minimum atomic E-state index is -0.247. The predicted molar refractivity (Wildman–Crippen MR) is 82.6 cm³/mol. The van der Waals surface area contributed by atoms with Crippen molar-refractivity contribution >= 4 is 5.91 Å². The first-order valence-electron chi connectivity index (χ1n) is 7.22. The number of hydrogen-bond donors (Lipinski definition) is 1. The first-order chi connectivity index (χ1) is 10.2. The van der Waals surface area contributed by atoms with Crippen LogP contribution in [0.1, 0.15) is 30.4 Å². The number of hydrogen-bond acceptors (Lipinski definition) is 1. The highest BCUT2D eigenvalue weighted by Gasteiger charge is 2.08. The summed E-state index contributed by atoms with van der Waals surface area (Å²) in [4.78, 5) is 11.8. The summed E-state index contributed by atoms with van der Waals surface area (Å²) in [5, 5.41) is 2.91. The van der Waals surface area contributed by atoms with Crippen LogP contribution >= 0.6 is 0 Å². The fraction of sp³-hybridized carbons (Fsp3) is 0.278. The fourth-order valence-corrected chi connectivity index (χ4v) is 2.20. The predicted octanol–water partition coefficient (Wildman–Crippen LogP) is 3.68. The summed E-state index contributed by atoms with van der Waals surface area (Å²) in [6.45, 7) is 2.67. The van der Waals surface area contributed by atoms with Crippen molar-refractivity contribution in [1.82, 2.24) is 5.32 Å². The molecule has 0 radical (unpaired) electrons. The van der Waals surface area contributed by atoms with E-state index >= 15 is 0 Å². The molecule has 0 aromatic heterocycles. The third-order valence-electron chi connectivity index (χ3n) is 3.55. The molecule has 0 aliphatic carbocycles. The molecule has 0 aliphatic rings. The minimum Gasteiger partial charge on any atom is -0.355 e. The molecular formula is C18H20FNO. The van der Waals surface area contributed by atoms with Crippen molar-refractivity contribution in [1.29, 1.82) is 0 Å². The molecule has 0 spiro atoms. The zero-order chi connectivity index (χ0) is 15.1. The lowest BCUT2D eigenvalue weighted by Crippen LogP contribution is -2.27. The monoisotopic (exact) mass is 285 g/mol. The van der Waals surface area contributed by atoms with Crippen molar-refractivity contribution in [2.24, 2.45) is 0 Å². The van der Waals surface area contributed by atoms with Crippen LogP contribution in [0, 0.1) is 5.82 Å². The Balaban J connectivity index is 1.76. The van der Waals surface area contributed by atoms with Crippen LogP contribution in [0.2, 0.25) is 0 Å². The topological polar surface area (TPSA) is 29.1 Å². The minimum absolute atomic E-state index is 0.0407. The molecule has 2 aromatic carbocycles. The van der Waals surface area contributed by atoms with Gasteiger partial charge in [0, 0.05) is 13.0 Å². The van der Waals surface area contributed by atoms with E-state index in [9.17, 15) is 9.18 Å². The van der Waals surface area contributed by atoms with Gasteiger partial charge in [-0.1, -0.05) is 55.5 Å². The summed E-state index contributed by atoms with van der Waals surface area (Å²) in [5.74, 6) is -0.0207. The van der Waals surface area contributed by atoms with Gasteiger partial charge in [0.15, 0.2) is 0 Å². The SMILES string of the molecule is C[C@H](CNC(=O)CCc1ccccc1F)c1ccccc1. The molecule has 0 aliphatic heterocycles. The molecule has 21 heavy (non-hydrogen) atoms. The average Bonchev–Trinajstić information content (AvgIpc) is 2.52. The van der Waals surface area contributed by atoms with Gasteiger partial charge in [0.25, 0.3) is 0 Å². The van der Waals surface area contributed by atoms with E-state index in [-0.39, 0.29) is 17.6 Å². The van der Waals surface area contributed by atoms with Crippen molar-refractivity contribution in [3.05, 3.63) is 71.5 Å². The molecule has 2 rings (SSSR count). The number of amides is 1. The van der Waals surface area contributed by atoms with E-state index in [4.69, 9.17) is 0 Å². The molecule has 0 heterocycles. The van der Waals surface area contributed by atoms with Gasteiger partial charge in [0.05, 0.1) is 0 Å². The van der Waals surface area contributed by atoms with Crippen molar-refractivity contribution in [2.45, 2.75) is 25.7 Å². The van der Waals surface area contributed by atoms with Crippen molar-refractivity contribution in [3.63, 3.8) is 0 Å². The van der Waals surface area contributed by atoms with Crippen LogP contribution < -0.4 is 5.32 Å². The lowest BCUT2D eigenvalue weighted by Gasteiger charge is -2.13. The second-order valence-electron chi connectivity index (χ2n) is 5.21. The van der Waals surface area contributed by atoms with Gasteiger partial charge in [-0.25, -0.2) is 4.39 Å².